The first kappa shape index (κ1) is 11.4. The fraction of sp³-hybridized carbons (Fsp3) is 0.929. The van der Waals surface area contributed by atoms with Crippen LogP contribution in [0.2, 0.25) is 0 Å². The summed E-state index contributed by atoms with van der Waals surface area (Å²) in [5.74, 6) is 3.50. The highest BCUT2D eigenvalue weighted by Crippen LogP contribution is 2.48. The Kier molecular flexibility index (Phi) is 3.26. The van der Waals surface area contributed by atoms with Crippen molar-refractivity contribution in [1.82, 2.24) is 5.32 Å². The highest BCUT2D eigenvalue weighted by atomic mass is 15.1. The largest absolute Gasteiger partial charge is 0.370 e. The molecule has 17 heavy (non-hydrogen) atoms. The molecule has 3 N–H and O–H groups in total. The Labute approximate surface area is 104 Å². The van der Waals surface area contributed by atoms with E-state index in [1.165, 1.54) is 51.4 Å². The Morgan fingerprint density at radius 2 is 1.94 bits per heavy atom. The van der Waals surface area contributed by atoms with Gasteiger partial charge in [0.05, 0.1) is 0 Å². The molecule has 0 aliphatic heterocycles. The number of rotatable bonds is 3. The van der Waals surface area contributed by atoms with Gasteiger partial charge < -0.3 is 11.1 Å². The van der Waals surface area contributed by atoms with Crippen molar-refractivity contribution in [2.24, 2.45) is 28.5 Å². The first-order valence-electron chi connectivity index (χ1n) is 7.37. The monoisotopic (exact) mass is 235 g/mol. The molecule has 2 bridgehead atoms. The smallest absolute Gasteiger partial charge is 0.188 e. The van der Waals surface area contributed by atoms with Crippen LogP contribution in [-0.2, 0) is 0 Å². The van der Waals surface area contributed by atoms with Gasteiger partial charge in [0.25, 0.3) is 0 Å². The quantitative estimate of drug-likeness (QED) is 0.582. The van der Waals surface area contributed by atoms with Crippen molar-refractivity contribution in [3.05, 3.63) is 0 Å². The SMILES string of the molecule is NC(=NCC1CC2CCC1C2)NC1CCCC1. The molecule has 3 nitrogen and oxygen atoms in total. The second-order valence-corrected chi connectivity index (χ2v) is 6.29. The van der Waals surface area contributed by atoms with Gasteiger partial charge in [-0.3, -0.25) is 4.99 Å². The lowest BCUT2D eigenvalue weighted by Crippen LogP contribution is -2.39. The maximum absolute atomic E-state index is 5.97. The average Bonchev–Trinajstić information content (AvgIpc) is 3.02. The van der Waals surface area contributed by atoms with Crippen molar-refractivity contribution in [1.29, 1.82) is 0 Å². The zero-order valence-electron chi connectivity index (χ0n) is 10.7. The van der Waals surface area contributed by atoms with Crippen LogP contribution < -0.4 is 11.1 Å². The molecule has 3 heteroatoms. The minimum atomic E-state index is 0.596. The lowest BCUT2D eigenvalue weighted by atomic mass is 9.89. The van der Waals surface area contributed by atoms with Gasteiger partial charge in [-0.05, 0) is 49.9 Å². The number of nitrogens with one attached hydrogen (secondary N) is 1. The molecule has 3 saturated carbocycles. The van der Waals surface area contributed by atoms with Gasteiger partial charge in [-0.2, -0.15) is 0 Å². The van der Waals surface area contributed by atoms with Crippen LogP contribution >= 0.6 is 0 Å². The van der Waals surface area contributed by atoms with Crippen LogP contribution in [-0.4, -0.2) is 18.5 Å². The molecule has 3 aliphatic rings. The van der Waals surface area contributed by atoms with Crippen LogP contribution in [0.4, 0.5) is 0 Å². The van der Waals surface area contributed by atoms with E-state index in [-0.39, 0.29) is 0 Å². The molecule has 0 saturated heterocycles. The summed E-state index contributed by atoms with van der Waals surface area (Å²) in [6.45, 7) is 0.965. The number of hydrogen-bond acceptors (Lipinski definition) is 1. The highest BCUT2D eigenvalue weighted by Gasteiger charge is 2.39. The Hall–Kier alpha value is -0.730. The molecule has 3 fully saturated rings. The van der Waals surface area contributed by atoms with Crippen LogP contribution in [0.5, 0.6) is 0 Å². The van der Waals surface area contributed by atoms with Crippen molar-refractivity contribution in [2.75, 3.05) is 6.54 Å². The first-order chi connectivity index (χ1) is 8.31. The molecule has 0 heterocycles. The zero-order valence-corrected chi connectivity index (χ0v) is 10.7. The maximum Gasteiger partial charge on any atom is 0.188 e. The molecule has 3 unspecified atom stereocenters. The molecular weight excluding hydrogens is 210 g/mol. The fourth-order valence-electron chi connectivity index (χ4n) is 4.14. The number of fused-ring (bicyclic) bond motifs is 2. The molecule has 0 amide bonds. The second kappa shape index (κ2) is 4.87. The summed E-state index contributed by atoms with van der Waals surface area (Å²) in [4.78, 5) is 4.57. The molecule has 0 aromatic rings. The predicted molar refractivity (Wildman–Crippen MR) is 70.8 cm³/mol. The molecule has 3 atom stereocenters. The summed E-state index contributed by atoms with van der Waals surface area (Å²) < 4.78 is 0. The van der Waals surface area contributed by atoms with Crippen LogP contribution in [0.25, 0.3) is 0 Å². The molecule has 0 aromatic carbocycles. The standard InChI is InChI=1S/C14H25N3/c15-14(17-13-3-1-2-4-13)16-9-12-8-10-5-6-11(12)7-10/h10-13H,1-9H2,(H3,15,16,17). The molecule has 0 aromatic heterocycles. The van der Waals surface area contributed by atoms with Crippen molar-refractivity contribution in [3.63, 3.8) is 0 Å². The third-order valence-corrected chi connectivity index (χ3v) is 5.09. The van der Waals surface area contributed by atoms with E-state index in [4.69, 9.17) is 5.73 Å². The number of guanidine groups is 1. The van der Waals surface area contributed by atoms with Crippen LogP contribution in [0.3, 0.4) is 0 Å². The number of nitrogens with zero attached hydrogens (tertiary/aromatic N) is 1. The number of hydrogen-bond donors (Lipinski definition) is 2. The van der Waals surface area contributed by atoms with Crippen molar-refractivity contribution >= 4 is 5.96 Å². The minimum absolute atomic E-state index is 0.596. The van der Waals surface area contributed by atoms with Crippen molar-refractivity contribution in [2.45, 2.75) is 57.4 Å². The Morgan fingerprint density at radius 3 is 2.59 bits per heavy atom. The van der Waals surface area contributed by atoms with Crippen LogP contribution in [0.15, 0.2) is 4.99 Å². The Bertz CT molecular complexity index is 294. The van der Waals surface area contributed by atoms with Crippen LogP contribution in [0, 0.1) is 17.8 Å². The number of nitrogens with two attached hydrogens (primary N) is 1. The fourth-order valence-corrected chi connectivity index (χ4v) is 4.14. The second-order valence-electron chi connectivity index (χ2n) is 6.29. The third-order valence-electron chi connectivity index (χ3n) is 5.09. The molecule has 0 radical (unpaired) electrons. The highest BCUT2D eigenvalue weighted by molar-refractivity contribution is 5.78. The van der Waals surface area contributed by atoms with E-state index in [0.717, 1.165) is 24.3 Å². The van der Waals surface area contributed by atoms with Gasteiger partial charge in [-0.1, -0.05) is 19.3 Å². The van der Waals surface area contributed by atoms with E-state index in [1.54, 1.807) is 0 Å². The molecular formula is C14H25N3. The Balaban J connectivity index is 1.45. The van der Waals surface area contributed by atoms with E-state index in [0.29, 0.717) is 12.0 Å². The molecule has 3 aliphatic carbocycles. The van der Waals surface area contributed by atoms with Crippen molar-refractivity contribution in [3.8, 4) is 0 Å². The van der Waals surface area contributed by atoms with Gasteiger partial charge in [0.2, 0.25) is 0 Å². The van der Waals surface area contributed by atoms with E-state index in [9.17, 15) is 0 Å². The minimum Gasteiger partial charge on any atom is -0.370 e. The summed E-state index contributed by atoms with van der Waals surface area (Å²) in [6.07, 6.45) is 11.0. The summed E-state index contributed by atoms with van der Waals surface area (Å²) in [5.41, 5.74) is 5.97. The van der Waals surface area contributed by atoms with Gasteiger partial charge in [0.1, 0.15) is 0 Å². The van der Waals surface area contributed by atoms with E-state index >= 15 is 0 Å². The number of aliphatic imine (C=N–C) groups is 1. The topological polar surface area (TPSA) is 50.4 Å². The van der Waals surface area contributed by atoms with Gasteiger partial charge in [0.15, 0.2) is 5.96 Å². The van der Waals surface area contributed by atoms with Gasteiger partial charge in [-0.15, -0.1) is 0 Å². The average molecular weight is 235 g/mol. The summed E-state index contributed by atoms with van der Waals surface area (Å²) >= 11 is 0. The first-order valence-corrected chi connectivity index (χ1v) is 7.37. The van der Waals surface area contributed by atoms with Gasteiger partial charge in [0, 0.05) is 12.6 Å². The van der Waals surface area contributed by atoms with Crippen LogP contribution in [0.1, 0.15) is 51.4 Å². The summed E-state index contributed by atoms with van der Waals surface area (Å²) in [6, 6.07) is 0.596. The maximum atomic E-state index is 5.97. The third kappa shape index (κ3) is 2.58. The Morgan fingerprint density at radius 1 is 1.12 bits per heavy atom. The molecule has 0 spiro atoms. The normalized spacial score (nSPS) is 37.9. The van der Waals surface area contributed by atoms with E-state index in [2.05, 4.69) is 10.3 Å². The van der Waals surface area contributed by atoms with Crippen molar-refractivity contribution < 1.29 is 0 Å². The summed E-state index contributed by atoms with van der Waals surface area (Å²) in [5, 5.41) is 3.37. The predicted octanol–water partition coefficient (Wildman–Crippen LogP) is 2.27. The van der Waals surface area contributed by atoms with E-state index in [1.807, 2.05) is 0 Å². The zero-order chi connectivity index (χ0) is 11.7. The molecule has 3 rings (SSSR count). The van der Waals surface area contributed by atoms with Gasteiger partial charge in [-0.25, -0.2) is 0 Å². The van der Waals surface area contributed by atoms with Gasteiger partial charge >= 0.3 is 0 Å². The van der Waals surface area contributed by atoms with E-state index < -0.39 is 0 Å². The lowest BCUT2D eigenvalue weighted by molar-refractivity contribution is 0.341. The summed E-state index contributed by atoms with van der Waals surface area (Å²) in [7, 11) is 0. The molecule has 96 valence electrons. The lowest BCUT2D eigenvalue weighted by Gasteiger charge is -2.20.